The normalized spacial score (nSPS) is 17.5. The lowest BCUT2D eigenvalue weighted by atomic mass is 10.1. The van der Waals surface area contributed by atoms with Crippen molar-refractivity contribution in [1.82, 2.24) is 9.44 Å². The fourth-order valence-electron chi connectivity index (χ4n) is 1.98. The third-order valence-corrected chi connectivity index (χ3v) is 5.03. The number of hydrogen-bond acceptors (Lipinski definition) is 6. The smallest absolute Gasteiger partial charge is 0.326 e. The third-order valence-electron chi connectivity index (χ3n) is 2.91. The molecule has 0 aliphatic carbocycles. The lowest BCUT2D eigenvalue weighted by molar-refractivity contribution is -0.117. The minimum absolute atomic E-state index is 0.0156. The molecule has 0 bridgehead atoms. The van der Waals surface area contributed by atoms with Crippen LogP contribution in [0.25, 0.3) is 0 Å². The Morgan fingerprint density at radius 2 is 2.09 bits per heavy atom. The number of sulfonamides is 1. The molecule has 0 radical (unpaired) electrons. The summed E-state index contributed by atoms with van der Waals surface area (Å²) in [6.45, 7) is -0.245. The van der Waals surface area contributed by atoms with Gasteiger partial charge in [0.2, 0.25) is 10.0 Å². The summed E-state index contributed by atoms with van der Waals surface area (Å²) in [4.78, 5) is 11.2. The van der Waals surface area contributed by atoms with Gasteiger partial charge in [0, 0.05) is 6.54 Å². The predicted octanol–water partition coefficient (Wildman–Crippen LogP) is -1.34. The molecule has 0 unspecified atom stereocenters. The van der Waals surface area contributed by atoms with Crippen LogP contribution in [0.1, 0.15) is 5.56 Å². The first-order valence-corrected chi connectivity index (χ1v) is 9.51. The Kier molecular flexibility index (Phi) is 4.31. The van der Waals surface area contributed by atoms with E-state index < -0.39 is 32.7 Å². The van der Waals surface area contributed by atoms with E-state index in [4.69, 9.17) is 0 Å². The summed E-state index contributed by atoms with van der Waals surface area (Å²) in [5.41, 5.74) is 0.603. The molecule has 1 fully saturated rings. The molecule has 0 atom stereocenters. The predicted molar refractivity (Wildman–Crippen MR) is 79.1 cm³/mol. The Hall–Kier alpha value is -1.85. The summed E-state index contributed by atoms with van der Waals surface area (Å²) >= 11 is 0. The van der Waals surface area contributed by atoms with Gasteiger partial charge >= 0.3 is 10.2 Å². The summed E-state index contributed by atoms with van der Waals surface area (Å²) in [5.74, 6) is -0.988. The highest BCUT2D eigenvalue weighted by molar-refractivity contribution is 7.92. The summed E-state index contributed by atoms with van der Waals surface area (Å²) in [7, 11) is -7.27. The topological polar surface area (TPSA) is 133 Å². The van der Waals surface area contributed by atoms with E-state index in [1.165, 1.54) is 12.1 Å². The Morgan fingerprint density at radius 1 is 1.41 bits per heavy atom. The SMILES string of the molecule is CS(=O)(=O)NCCc1ccc(N2CC(=O)NS2(=O)=O)c(O)c1. The maximum atomic E-state index is 11.7. The van der Waals surface area contributed by atoms with Crippen LogP contribution in [-0.2, 0) is 31.4 Å². The van der Waals surface area contributed by atoms with Crippen molar-refractivity contribution in [3.8, 4) is 5.75 Å². The third kappa shape index (κ3) is 3.87. The van der Waals surface area contributed by atoms with Crippen molar-refractivity contribution in [2.24, 2.45) is 0 Å². The molecule has 1 amide bonds. The van der Waals surface area contributed by atoms with Crippen LogP contribution in [0.15, 0.2) is 18.2 Å². The summed E-state index contributed by atoms with van der Waals surface area (Å²) < 4.78 is 50.2. The molecule has 122 valence electrons. The van der Waals surface area contributed by atoms with Crippen LogP contribution < -0.4 is 13.7 Å². The maximum absolute atomic E-state index is 11.7. The molecule has 9 nitrogen and oxygen atoms in total. The van der Waals surface area contributed by atoms with Crippen molar-refractivity contribution < 1.29 is 26.7 Å². The van der Waals surface area contributed by atoms with Crippen molar-refractivity contribution >= 4 is 31.8 Å². The van der Waals surface area contributed by atoms with Gasteiger partial charge in [-0.25, -0.2) is 22.2 Å². The van der Waals surface area contributed by atoms with Crippen LogP contribution in [0, 0.1) is 0 Å². The lowest BCUT2D eigenvalue weighted by Crippen LogP contribution is -2.29. The van der Waals surface area contributed by atoms with E-state index in [0.717, 1.165) is 10.6 Å². The Morgan fingerprint density at radius 3 is 2.59 bits per heavy atom. The van der Waals surface area contributed by atoms with E-state index in [9.17, 15) is 26.7 Å². The van der Waals surface area contributed by atoms with Crippen molar-refractivity contribution in [3.05, 3.63) is 23.8 Å². The van der Waals surface area contributed by atoms with Crippen molar-refractivity contribution in [1.29, 1.82) is 0 Å². The number of nitrogens with one attached hydrogen (secondary N) is 2. The van der Waals surface area contributed by atoms with Gasteiger partial charge in [0.15, 0.2) is 0 Å². The molecule has 1 heterocycles. The fourth-order valence-corrected chi connectivity index (χ4v) is 3.61. The molecule has 22 heavy (non-hydrogen) atoms. The van der Waals surface area contributed by atoms with Gasteiger partial charge < -0.3 is 5.11 Å². The Balaban J connectivity index is 2.15. The second-order valence-corrected chi connectivity index (χ2v) is 8.20. The van der Waals surface area contributed by atoms with Gasteiger partial charge in [-0.3, -0.25) is 4.79 Å². The van der Waals surface area contributed by atoms with E-state index in [1.54, 1.807) is 10.8 Å². The first kappa shape index (κ1) is 16.5. The monoisotopic (exact) mass is 349 g/mol. The number of phenols is 1. The zero-order valence-electron chi connectivity index (χ0n) is 11.6. The van der Waals surface area contributed by atoms with Crippen molar-refractivity contribution in [3.63, 3.8) is 0 Å². The number of carbonyl (C=O) groups excluding carboxylic acids is 1. The van der Waals surface area contributed by atoms with E-state index in [1.807, 2.05) is 0 Å². The number of hydrogen-bond donors (Lipinski definition) is 3. The first-order chi connectivity index (χ1) is 10.1. The lowest BCUT2D eigenvalue weighted by Gasteiger charge is -2.16. The summed E-state index contributed by atoms with van der Waals surface area (Å²) in [6, 6.07) is 4.25. The quantitative estimate of drug-likeness (QED) is 0.603. The summed E-state index contributed by atoms with van der Waals surface area (Å²) in [6.07, 6.45) is 1.36. The Bertz CT molecular complexity index is 803. The van der Waals surface area contributed by atoms with E-state index in [-0.39, 0.29) is 18.0 Å². The van der Waals surface area contributed by atoms with Crippen LogP contribution in [0.3, 0.4) is 0 Å². The average molecular weight is 349 g/mol. The highest BCUT2D eigenvalue weighted by Crippen LogP contribution is 2.31. The standard InChI is InChI=1S/C11H15N3O6S2/c1-21(17,18)12-5-4-8-2-3-9(10(15)6-8)14-7-11(16)13-22(14,19)20/h2-3,6,12,15H,4-5,7H2,1H3,(H,13,16). The van der Waals surface area contributed by atoms with Gasteiger partial charge in [-0.15, -0.1) is 0 Å². The number of nitrogens with zero attached hydrogens (tertiary/aromatic N) is 1. The van der Waals surface area contributed by atoms with Gasteiger partial charge in [-0.1, -0.05) is 6.07 Å². The molecule has 11 heteroatoms. The van der Waals surface area contributed by atoms with Crippen molar-refractivity contribution in [2.45, 2.75) is 6.42 Å². The number of rotatable bonds is 5. The molecule has 1 aliphatic rings. The van der Waals surface area contributed by atoms with Gasteiger partial charge in [0.25, 0.3) is 5.91 Å². The average Bonchev–Trinajstić information content (AvgIpc) is 2.61. The maximum Gasteiger partial charge on any atom is 0.326 e. The molecule has 1 aromatic rings. The molecular formula is C11H15N3O6S2. The van der Waals surface area contributed by atoms with Crippen molar-refractivity contribution in [2.75, 3.05) is 23.7 Å². The molecular weight excluding hydrogens is 334 g/mol. The fraction of sp³-hybridized carbons (Fsp3) is 0.364. The largest absolute Gasteiger partial charge is 0.506 e. The zero-order valence-corrected chi connectivity index (χ0v) is 13.2. The van der Waals surface area contributed by atoms with Crippen LogP contribution in [0.4, 0.5) is 5.69 Å². The molecule has 0 aromatic heterocycles. The first-order valence-electron chi connectivity index (χ1n) is 6.18. The Labute approximate surface area is 128 Å². The van der Waals surface area contributed by atoms with Crippen LogP contribution in [0.2, 0.25) is 0 Å². The molecule has 1 aliphatic heterocycles. The summed E-state index contributed by atoms with van der Waals surface area (Å²) in [5, 5.41) is 9.95. The van der Waals surface area contributed by atoms with Gasteiger partial charge in [-0.05, 0) is 24.1 Å². The molecule has 0 saturated carbocycles. The number of phenolic OH excluding ortho intramolecular Hbond substituents is 1. The number of amides is 1. The number of carbonyl (C=O) groups is 1. The van der Waals surface area contributed by atoms with Crippen LogP contribution >= 0.6 is 0 Å². The van der Waals surface area contributed by atoms with E-state index in [2.05, 4.69) is 4.72 Å². The zero-order chi connectivity index (χ0) is 16.5. The van der Waals surface area contributed by atoms with Gasteiger partial charge in [0.05, 0.1) is 11.9 Å². The number of benzene rings is 1. The molecule has 2 rings (SSSR count). The van der Waals surface area contributed by atoms with Gasteiger partial charge in [0.1, 0.15) is 12.3 Å². The molecule has 1 aromatic carbocycles. The van der Waals surface area contributed by atoms with Crippen LogP contribution in [0.5, 0.6) is 5.75 Å². The molecule has 0 spiro atoms. The number of anilines is 1. The second kappa shape index (κ2) is 5.74. The molecule has 3 N–H and O–H groups in total. The van der Waals surface area contributed by atoms with E-state index >= 15 is 0 Å². The minimum atomic E-state index is -3.98. The van der Waals surface area contributed by atoms with Gasteiger partial charge in [-0.2, -0.15) is 8.42 Å². The minimum Gasteiger partial charge on any atom is -0.506 e. The highest BCUT2D eigenvalue weighted by atomic mass is 32.2. The second-order valence-electron chi connectivity index (χ2n) is 4.78. The van der Waals surface area contributed by atoms with Crippen LogP contribution in [-0.4, -0.2) is 47.2 Å². The number of aromatic hydroxyl groups is 1. The van der Waals surface area contributed by atoms with E-state index in [0.29, 0.717) is 12.0 Å². The molecule has 1 saturated heterocycles. The highest BCUT2D eigenvalue weighted by Gasteiger charge is 2.35.